The van der Waals surface area contributed by atoms with Crippen LogP contribution in [0.5, 0.6) is 0 Å². The fourth-order valence-electron chi connectivity index (χ4n) is 2.14. The molecule has 1 aromatic carbocycles. The monoisotopic (exact) mass is 360 g/mol. The predicted molar refractivity (Wildman–Crippen MR) is 69.1 cm³/mol. The van der Waals surface area contributed by atoms with Gasteiger partial charge in [0.2, 0.25) is 6.33 Å². The Kier molecular flexibility index (Phi) is 5.59. The number of rotatable bonds is 4. The van der Waals surface area contributed by atoms with Gasteiger partial charge in [0.1, 0.15) is 6.54 Å². The summed E-state index contributed by atoms with van der Waals surface area (Å²) in [4.78, 5) is 0. The van der Waals surface area contributed by atoms with Gasteiger partial charge in [-0.3, -0.25) is 0 Å². The van der Waals surface area contributed by atoms with Gasteiger partial charge in [0.05, 0.1) is 12.6 Å². The Bertz CT molecular complexity index is 520. The van der Waals surface area contributed by atoms with Gasteiger partial charge >= 0.3 is 0 Å². The molecule has 0 radical (unpaired) electrons. The smallest absolute Gasteiger partial charge is 0.245 e. The third-order valence-electron chi connectivity index (χ3n) is 3.07. The molecular weight excluding hydrogens is 339 g/mol. The molecule has 2 aromatic rings. The summed E-state index contributed by atoms with van der Waals surface area (Å²) in [6.45, 7) is 8.20. The van der Waals surface area contributed by atoms with E-state index in [0.717, 1.165) is 13.2 Å². The van der Waals surface area contributed by atoms with E-state index in [1.807, 2.05) is 0 Å². The third kappa shape index (κ3) is 3.03. The summed E-state index contributed by atoms with van der Waals surface area (Å²) in [6.07, 6.45) is 2.19. The van der Waals surface area contributed by atoms with Crippen LogP contribution in [0.1, 0.15) is 25.5 Å². The molecule has 0 N–H and O–H groups in total. The fraction of sp³-hybridized carbons (Fsp3) is 0.500. The van der Waals surface area contributed by atoms with Crippen molar-refractivity contribution in [1.82, 2.24) is 4.57 Å². The van der Waals surface area contributed by atoms with Crippen molar-refractivity contribution in [3.63, 3.8) is 0 Å². The maximum Gasteiger partial charge on any atom is 0.245 e. The molecule has 1 heterocycles. The Morgan fingerprint density at radius 1 is 1.33 bits per heavy atom. The molecule has 0 saturated carbocycles. The zero-order chi connectivity index (χ0) is 12.4. The molecule has 0 aliphatic rings. The van der Waals surface area contributed by atoms with Crippen LogP contribution in [0.4, 0.5) is 0 Å². The van der Waals surface area contributed by atoms with Crippen molar-refractivity contribution >= 4 is 11.0 Å². The van der Waals surface area contributed by atoms with Gasteiger partial charge in [-0.1, -0.05) is 6.07 Å². The van der Waals surface area contributed by atoms with E-state index in [9.17, 15) is 0 Å². The Hall–Kier alpha value is -0.620. The Labute approximate surface area is 126 Å². The van der Waals surface area contributed by atoms with E-state index in [1.165, 1.54) is 16.6 Å². The Balaban J connectivity index is 0.00000162. The molecular formula is C14H21IN2O. The summed E-state index contributed by atoms with van der Waals surface area (Å²) in [5.41, 5.74) is 3.88. The largest absolute Gasteiger partial charge is 1.00 e. The SMILES string of the molecule is COCC[n+]1cn(C(C)C)c2cc(C)ccc21.[I-]. The highest BCUT2D eigenvalue weighted by Gasteiger charge is 2.17. The summed E-state index contributed by atoms with van der Waals surface area (Å²) >= 11 is 0. The number of halogens is 1. The minimum Gasteiger partial charge on any atom is -1.00 e. The van der Waals surface area contributed by atoms with Gasteiger partial charge < -0.3 is 28.7 Å². The zero-order valence-corrected chi connectivity index (χ0v) is 13.6. The highest BCUT2D eigenvalue weighted by molar-refractivity contribution is 5.72. The van der Waals surface area contributed by atoms with Gasteiger partial charge in [-0.25, -0.2) is 9.13 Å². The first kappa shape index (κ1) is 15.4. The Morgan fingerprint density at radius 2 is 2.06 bits per heavy atom. The number of ether oxygens (including phenoxy) is 1. The van der Waals surface area contributed by atoms with Crippen LogP contribution >= 0.6 is 0 Å². The second kappa shape index (κ2) is 6.52. The first-order valence-corrected chi connectivity index (χ1v) is 6.13. The lowest BCUT2D eigenvalue weighted by atomic mass is 10.2. The number of hydrogen-bond acceptors (Lipinski definition) is 1. The highest BCUT2D eigenvalue weighted by Crippen LogP contribution is 2.17. The lowest BCUT2D eigenvalue weighted by Crippen LogP contribution is -3.00. The van der Waals surface area contributed by atoms with Crippen LogP contribution in [0.3, 0.4) is 0 Å². The number of methoxy groups -OCH3 is 1. The van der Waals surface area contributed by atoms with E-state index in [-0.39, 0.29) is 24.0 Å². The molecule has 100 valence electrons. The van der Waals surface area contributed by atoms with E-state index in [4.69, 9.17) is 4.74 Å². The van der Waals surface area contributed by atoms with Gasteiger partial charge in [-0.05, 0) is 38.5 Å². The highest BCUT2D eigenvalue weighted by atomic mass is 127. The molecule has 0 bridgehead atoms. The summed E-state index contributed by atoms with van der Waals surface area (Å²) in [6, 6.07) is 7.08. The summed E-state index contributed by atoms with van der Waals surface area (Å²) < 4.78 is 9.74. The van der Waals surface area contributed by atoms with Crippen molar-refractivity contribution in [2.45, 2.75) is 33.4 Å². The first-order chi connectivity index (χ1) is 8.13. The van der Waals surface area contributed by atoms with Gasteiger partial charge in [-0.2, -0.15) is 0 Å². The minimum absolute atomic E-state index is 0. The van der Waals surface area contributed by atoms with E-state index < -0.39 is 0 Å². The van der Waals surface area contributed by atoms with Crippen molar-refractivity contribution in [2.75, 3.05) is 13.7 Å². The molecule has 4 heteroatoms. The molecule has 0 atom stereocenters. The van der Waals surface area contributed by atoms with Crippen molar-refractivity contribution < 1.29 is 33.3 Å². The molecule has 0 unspecified atom stereocenters. The summed E-state index contributed by atoms with van der Waals surface area (Å²) in [5.74, 6) is 0. The van der Waals surface area contributed by atoms with Crippen LogP contribution in [0.25, 0.3) is 11.0 Å². The molecule has 0 spiro atoms. The first-order valence-electron chi connectivity index (χ1n) is 6.13. The second-order valence-electron chi connectivity index (χ2n) is 4.79. The quantitative estimate of drug-likeness (QED) is 0.530. The van der Waals surface area contributed by atoms with Crippen LogP contribution in [-0.2, 0) is 11.3 Å². The number of hydrogen-bond donors (Lipinski definition) is 0. The molecule has 0 amide bonds. The van der Waals surface area contributed by atoms with Crippen LogP contribution in [0.15, 0.2) is 24.5 Å². The molecule has 0 fully saturated rings. The third-order valence-corrected chi connectivity index (χ3v) is 3.07. The molecule has 0 aliphatic carbocycles. The molecule has 0 saturated heterocycles. The predicted octanol–water partition coefficient (Wildman–Crippen LogP) is -0.531. The number of benzene rings is 1. The van der Waals surface area contributed by atoms with Crippen LogP contribution < -0.4 is 28.5 Å². The van der Waals surface area contributed by atoms with Gasteiger partial charge in [0.25, 0.3) is 0 Å². The van der Waals surface area contributed by atoms with Crippen LogP contribution in [0.2, 0.25) is 0 Å². The van der Waals surface area contributed by atoms with Crippen molar-refractivity contribution in [3.8, 4) is 0 Å². The minimum atomic E-state index is 0. The number of imidazole rings is 1. The summed E-state index contributed by atoms with van der Waals surface area (Å²) in [7, 11) is 1.74. The van der Waals surface area contributed by atoms with E-state index in [0.29, 0.717) is 6.04 Å². The zero-order valence-electron chi connectivity index (χ0n) is 11.5. The normalized spacial score (nSPS) is 10.9. The maximum atomic E-state index is 5.16. The van der Waals surface area contributed by atoms with Crippen LogP contribution in [-0.4, -0.2) is 18.3 Å². The van der Waals surface area contributed by atoms with E-state index >= 15 is 0 Å². The van der Waals surface area contributed by atoms with E-state index in [2.05, 4.69) is 54.4 Å². The molecule has 0 aliphatic heterocycles. The van der Waals surface area contributed by atoms with Crippen molar-refractivity contribution in [1.29, 1.82) is 0 Å². The number of aromatic nitrogens is 2. The molecule has 2 rings (SSSR count). The Morgan fingerprint density at radius 3 is 2.67 bits per heavy atom. The number of nitrogens with zero attached hydrogens (tertiary/aromatic N) is 2. The lowest BCUT2D eigenvalue weighted by molar-refractivity contribution is -0.673. The molecule has 1 aromatic heterocycles. The van der Waals surface area contributed by atoms with E-state index in [1.54, 1.807) is 7.11 Å². The maximum absolute atomic E-state index is 5.16. The topological polar surface area (TPSA) is 18.0 Å². The standard InChI is InChI=1S/C14H21N2O.HI/c1-11(2)16-10-15(7-8-17-4)13-6-5-12(3)9-14(13)16;/h5-6,9-11H,7-8H2,1-4H3;1H/q+1;/p-1. The molecule has 18 heavy (non-hydrogen) atoms. The van der Waals surface area contributed by atoms with Crippen molar-refractivity contribution in [3.05, 3.63) is 30.1 Å². The number of aryl methyl sites for hydroxylation is 1. The average Bonchev–Trinajstić information content (AvgIpc) is 2.64. The van der Waals surface area contributed by atoms with Gasteiger partial charge in [0.15, 0.2) is 11.0 Å². The van der Waals surface area contributed by atoms with Crippen LogP contribution in [0, 0.1) is 6.92 Å². The summed E-state index contributed by atoms with van der Waals surface area (Å²) in [5, 5.41) is 0. The average molecular weight is 360 g/mol. The fourth-order valence-corrected chi connectivity index (χ4v) is 2.14. The molecule has 3 nitrogen and oxygen atoms in total. The number of fused-ring (bicyclic) bond motifs is 1. The second-order valence-corrected chi connectivity index (χ2v) is 4.79. The van der Waals surface area contributed by atoms with Crippen molar-refractivity contribution in [2.24, 2.45) is 0 Å². The van der Waals surface area contributed by atoms with Gasteiger partial charge in [-0.15, -0.1) is 0 Å². The van der Waals surface area contributed by atoms with Gasteiger partial charge in [0, 0.05) is 7.11 Å². The lowest BCUT2D eigenvalue weighted by Gasteiger charge is -2.00.